The number of nitrogens with zero attached hydrogens (tertiary/aromatic N) is 2. The van der Waals surface area contributed by atoms with E-state index >= 15 is 0 Å². The van der Waals surface area contributed by atoms with Crippen LogP contribution in [-0.4, -0.2) is 62.1 Å². The van der Waals surface area contributed by atoms with Crippen LogP contribution in [0.15, 0.2) is 4.99 Å². The number of guanidine groups is 1. The molecule has 0 amide bonds. The number of rotatable bonds is 8. The van der Waals surface area contributed by atoms with E-state index in [2.05, 4.69) is 47.6 Å². The highest BCUT2D eigenvalue weighted by Crippen LogP contribution is 2.20. The molecule has 2 N–H and O–H groups in total. The largest absolute Gasteiger partial charge is 0.357 e. The van der Waals surface area contributed by atoms with Crippen molar-refractivity contribution in [2.45, 2.75) is 33.6 Å². The summed E-state index contributed by atoms with van der Waals surface area (Å²) >= 11 is 1.86. The number of piperidine rings is 1. The SMILES string of the molecule is CCNC(=NCCCN1CC(C)CC(C)C1)NCCSC. The zero-order valence-electron chi connectivity index (χ0n) is 14.3. The van der Waals surface area contributed by atoms with Gasteiger partial charge in [-0.15, -0.1) is 0 Å². The summed E-state index contributed by atoms with van der Waals surface area (Å²) in [5.74, 6) is 3.78. The van der Waals surface area contributed by atoms with Gasteiger partial charge < -0.3 is 15.5 Å². The Bertz CT molecular complexity index is 286. The van der Waals surface area contributed by atoms with Crippen molar-refractivity contribution >= 4 is 17.7 Å². The van der Waals surface area contributed by atoms with Gasteiger partial charge in [0.2, 0.25) is 0 Å². The van der Waals surface area contributed by atoms with Gasteiger partial charge in [0, 0.05) is 38.5 Å². The summed E-state index contributed by atoms with van der Waals surface area (Å²) in [6, 6.07) is 0. The van der Waals surface area contributed by atoms with Gasteiger partial charge in [0.15, 0.2) is 5.96 Å². The van der Waals surface area contributed by atoms with Gasteiger partial charge in [-0.1, -0.05) is 13.8 Å². The minimum Gasteiger partial charge on any atom is -0.357 e. The molecule has 2 unspecified atom stereocenters. The maximum atomic E-state index is 4.67. The van der Waals surface area contributed by atoms with Crippen molar-refractivity contribution in [1.82, 2.24) is 15.5 Å². The maximum absolute atomic E-state index is 4.67. The molecule has 0 aliphatic carbocycles. The van der Waals surface area contributed by atoms with E-state index in [0.29, 0.717) is 0 Å². The molecule has 0 aromatic rings. The summed E-state index contributed by atoms with van der Waals surface area (Å²) in [4.78, 5) is 7.28. The van der Waals surface area contributed by atoms with Crippen LogP contribution in [0, 0.1) is 11.8 Å². The van der Waals surface area contributed by atoms with E-state index < -0.39 is 0 Å². The fourth-order valence-corrected chi connectivity index (χ4v) is 3.38. The van der Waals surface area contributed by atoms with Gasteiger partial charge in [-0.3, -0.25) is 4.99 Å². The lowest BCUT2D eigenvalue weighted by atomic mass is 9.92. The molecule has 1 saturated heterocycles. The molecular formula is C16H34N4S. The quantitative estimate of drug-likeness (QED) is 0.410. The second-order valence-electron chi connectivity index (χ2n) is 6.24. The van der Waals surface area contributed by atoms with Crippen molar-refractivity contribution in [1.29, 1.82) is 0 Å². The monoisotopic (exact) mass is 314 g/mol. The first-order chi connectivity index (χ1) is 10.2. The summed E-state index contributed by atoms with van der Waals surface area (Å²) in [6.45, 7) is 13.4. The van der Waals surface area contributed by atoms with Crippen LogP contribution in [0.5, 0.6) is 0 Å². The summed E-state index contributed by atoms with van der Waals surface area (Å²) in [7, 11) is 0. The van der Waals surface area contributed by atoms with Gasteiger partial charge in [-0.05, 0) is 44.4 Å². The third-order valence-corrected chi connectivity index (χ3v) is 4.40. The van der Waals surface area contributed by atoms with Gasteiger partial charge in [0.1, 0.15) is 0 Å². The fourth-order valence-electron chi connectivity index (χ4n) is 3.07. The third kappa shape index (κ3) is 8.57. The molecule has 2 atom stereocenters. The van der Waals surface area contributed by atoms with E-state index in [1.165, 1.54) is 26.1 Å². The average Bonchev–Trinajstić information content (AvgIpc) is 2.42. The van der Waals surface area contributed by atoms with Crippen molar-refractivity contribution < 1.29 is 0 Å². The van der Waals surface area contributed by atoms with E-state index in [1.54, 1.807) is 0 Å². The van der Waals surface area contributed by atoms with E-state index in [-0.39, 0.29) is 0 Å². The Morgan fingerprint density at radius 2 is 1.95 bits per heavy atom. The van der Waals surface area contributed by atoms with Crippen molar-refractivity contribution in [2.75, 3.05) is 51.3 Å². The molecule has 0 aromatic heterocycles. The van der Waals surface area contributed by atoms with Gasteiger partial charge in [0.05, 0.1) is 0 Å². The highest BCUT2D eigenvalue weighted by atomic mass is 32.2. The van der Waals surface area contributed by atoms with Gasteiger partial charge >= 0.3 is 0 Å². The first kappa shape index (κ1) is 18.6. The Morgan fingerprint density at radius 1 is 1.24 bits per heavy atom. The summed E-state index contributed by atoms with van der Waals surface area (Å²) in [5.41, 5.74) is 0. The predicted molar refractivity (Wildman–Crippen MR) is 96.4 cm³/mol. The summed E-state index contributed by atoms with van der Waals surface area (Å²) in [5, 5.41) is 6.69. The molecule has 5 heteroatoms. The molecule has 1 rings (SSSR count). The van der Waals surface area contributed by atoms with E-state index in [4.69, 9.17) is 0 Å². The van der Waals surface area contributed by atoms with Gasteiger partial charge in [-0.25, -0.2) is 0 Å². The van der Waals surface area contributed by atoms with Crippen LogP contribution in [0.25, 0.3) is 0 Å². The smallest absolute Gasteiger partial charge is 0.191 e. The highest BCUT2D eigenvalue weighted by Gasteiger charge is 2.20. The summed E-state index contributed by atoms with van der Waals surface area (Å²) < 4.78 is 0. The van der Waals surface area contributed by atoms with Crippen LogP contribution < -0.4 is 10.6 Å². The highest BCUT2D eigenvalue weighted by molar-refractivity contribution is 7.98. The van der Waals surface area contributed by atoms with Crippen LogP contribution in [0.2, 0.25) is 0 Å². The predicted octanol–water partition coefficient (Wildman–Crippen LogP) is 2.27. The Balaban J connectivity index is 2.23. The number of thioether (sulfide) groups is 1. The normalized spacial score (nSPS) is 24.1. The molecule has 124 valence electrons. The minimum atomic E-state index is 0.850. The zero-order valence-corrected chi connectivity index (χ0v) is 15.1. The lowest BCUT2D eigenvalue weighted by Crippen LogP contribution is -2.40. The second-order valence-corrected chi connectivity index (χ2v) is 7.23. The lowest BCUT2D eigenvalue weighted by Gasteiger charge is -2.34. The molecule has 0 spiro atoms. The van der Waals surface area contributed by atoms with Gasteiger partial charge in [-0.2, -0.15) is 11.8 Å². The van der Waals surface area contributed by atoms with Crippen molar-refractivity contribution in [3.05, 3.63) is 0 Å². The standard InChI is InChI=1S/C16H34N4S/c1-5-17-16(19-8-10-21-4)18-7-6-9-20-12-14(2)11-15(3)13-20/h14-15H,5-13H2,1-4H3,(H2,17,18,19). The maximum Gasteiger partial charge on any atom is 0.191 e. The molecule has 0 saturated carbocycles. The first-order valence-electron chi connectivity index (χ1n) is 8.39. The van der Waals surface area contributed by atoms with Crippen LogP contribution >= 0.6 is 11.8 Å². The third-order valence-electron chi connectivity index (χ3n) is 3.79. The lowest BCUT2D eigenvalue weighted by molar-refractivity contribution is 0.140. The van der Waals surface area contributed by atoms with E-state index in [9.17, 15) is 0 Å². The van der Waals surface area contributed by atoms with E-state index in [0.717, 1.165) is 49.6 Å². The zero-order chi connectivity index (χ0) is 15.5. The Labute approximate surface area is 135 Å². The minimum absolute atomic E-state index is 0.850. The summed E-state index contributed by atoms with van der Waals surface area (Å²) in [6.07, 6.45) is 4.67. The Morgan fingerprint density at radius 3 is 2.57 bits per heavy atom. The molecule has 0 bridgehead atoms. The second kappa shape index (κ2) is 11.2. The molecule has 1 aliphatic rings. The molecular weight excluding hydrogens is 280 g/mol. The van der Waals surface area contributed by atoms with Crippen molar-refractivity contribution in [3.8, 4) is 0 Å². The topological polar surface area (TPSA) is 39.7 Å². The number of hydrogen-bond donors (Lipinski definition) is 2. The Hall–Kier alpha value is -0.420. The average molecular weight is 315 g/mol. The molecule has 21 heavy (non-hydrogen) atoms. The number of aliphatic imine (C=N–C) groups is 1. The number of nitrogens with one attached hydrogen (secondary N) is 2. The molecule has 1 fully saturated rings. The molecule has 0 radical (unpaired) electrons. The number of hydrogen-bond acceptors (Lipinski definition) is 3. The first-order valence-corrected chi connectivity index (χ1v) is 9.78. The molecule has 0 aromatic carbocycles. The fraction of sp³-hybridized carbons (Fsp3) is 0.938. The molecule has 1 aliphatic heterocycles. The Kier molecular flexibility index (Phi) is 9.92. The van der Waals surface area contributed by atoms with Crippen LogP contribution in [0.3, 0.4) is 0 Å². The van der Waals surface area contributed by atoms with Crippen LogP contribution in [-0.2, 0) is 0 Å². The van der Waals surface area contributed by atoms with Crippen molar-refractivity contribution in [2.24, 2.45) is 16.8 Å². The molecule has 4 nitrogen and oxygen atoms in total. The van der Waals surface area contributed by atoms with Crippen molar-refractivity contribution in [3.63, 3.8) is 0 Å². The van der Waals surface area contributed by atoms with Crippen LogP contribution in [0.1, 0.15) is 33.6 Å². The van der Waals surface area contributed by atoms with Gasteiger partial charge in [0.25, 0.3) is 0 Å². The van der Waals surface area contributed by atoms with E-state index in [1.807, 2.05) is 11.8 Å². The molecule has 1 heterocycles. The number of likely N-dealkylation sites (tertiary alicyclic amines) is 1. The van der Waals surface area contributed by atoms with Crippen LogP contribution in [0.4, 0.5) is 0 Å².